The number of allylic oxidation sites excluding steroid dienone is 2. The number of rotatable bonds is 1. The van der Waals surface area contributed by atoms with Crippen LogP contribution >= 0.6 is 0 Å². The van der Waals surface area contributed by atoms with Crippen LogP contribution in [0.15, 0.2) is 23.3 Å². The lowest BCUT2D eigenvalue weighted by molar-refractivity contribution is -0.584. The third-order valence-electron chi connectivity index (χ3n) is 1.99. The van der Waals surface area contributed by atoms with Gasteiger partial charge in [-0.3, -0.25) is 10.1 Å². The Kier molecular flexibility index (Phi) is 2.33. The SMILES string of the molecule is CC1=C(F)C(F)(F)C=C(F)C1(F)[N+](=O)[O-]. The van der Waals surface area contributed by atoms with E-state index >= 15 is 0 Å². The Morgan fingerprint density at radius 1 is 1.33 bits per heavy atom. The molecule has 1 aliphatic rings. The van der Waals surface area contributed by atoms with Gasteiger partial charge in [-0.25, -0.2) is 8.78 Å². The van der Waals surface area contributed by atoms with Crippen LogP contribution in [0.5, 0.6) is 0 Å². The predicted molar refractivity (Wildman–Crippen MR) is 38.8 cm³/mol. The van der Waals surface area contributed by atoms with E-state index < -0.39 is 39.9 Å². The van der Waals surface area contributed by atoms with E-state index in [-0.39, 0.29) is 0 Å². The molecule has 0 saturated heterocycles. The van der Waals surface area contributed by atoms with Gasteiger partial charge in [0.1, 0.15) is 0 Å². The lowest BCUT2D eigenvalue weighted by atomic mass is 9.95. The highest BCUT2D eigenvalue weighted by molar-refractivity contribution is 5.37. The molecule has 0 bridgehead atoms. The van der Waals surface area contributed by atoms with Crippen molar-refractivity contribution in [1.29, 1.82) is 0 Å². The third kappa shape index (κ3) is 1.40. The van der Waals surface area contributed by atoms with Crippen molar-refractivity contribution in [2.24, 2.45) is 0 Å². The molecular weight excluding hydrogens is 225 g/mol. The first-order chi connectivity index (χ1) is 6.64. The first kappa shape index (κ1) is 11.6. The highest BCUT2D eigenvalue weighted by Gasteiger charge is 2.60. The molecule has 1 unspecified atom stereocenters. The Morgan fingerprint density at radius 3 is 2.20 bits per heavy atom. The molecule has 0 aromatic heterocycles. The van der Waals surface area contributed by atoms with E-state index in [1.165, 1.54) is 0 Å². The topological polar surface area (TPSA) is 43.1 Å². The Morgan fingerprint density at radius 2 is 1.80 bits per heavy atom. The van der Waals surface area contributed by atoms with Crippen molar-refractivity contribution in [2.45, 2.75) is 18.6 Å². The van der Waals surface area contributed by atoms with Gasteiger partial charge < -0.3 is 0 Å². The van der Waals surface area contributed by atoms with Gasteiger partial charge in [-0.15, -0.1) is 0 Å². The van der Waals surface area contributed by atoms with Crippen molar-refractivity contribution in [3.05, 3.63) is 33.4 Å². The minimum atomic E-state index is -4.35. The van der Waals surface area contributed by atoms with Gasteiger partial charge in [0.2, 0.25) is 5.83 Å². The fourth-order valence-corrected chi connectivity index (χ4v) is 1.12. The van der Waals surface area contributed by atoms with Crippen molar-refractivity contribution in [2.75, 3.05) is 0 Å². The average molecular weight is 229 g/mol. The highest BCUT2D eigenvalue weighted by Crippen LogP contribution is 2.45. The molecule has 8 heteroatoms. The molecule has 3 nitrogen and oxygen atoms in total. The summed E-state index contributed by atoms with van der Waals surface area (Å²) in [7, 11) is 0. The summed E-state index contributed by atoms with van der Waals surface area (Å²) in [5.74, 6) is -13.1. The minimum absolute atomic E-state index is 0.401. The molecule has 15 heavy (non-hydrogen) atoms. The summed E-state index contributed by atoms with van der Waals surface area (Å²) in [5.41, 5.74) is -1.59. The number of hydrogen-bond acceptors (Lipinski definition) is 2. The second-order valence-corrected chi connectivity index (χ2v) is 2.93. The zero-order valence-corrected chi connectivity index (χ0v) is 7.23. The smallest absolute Gasteiger partial charge is 0.261 e. The monoisotopic (exact) mass is 229 g/mol. The third-order valence-corrected chi connectivity index (χ3v) is 1.99. The molecular formula is C7H4F5NO2. The predicted octanol–water partition coefficient (Wildman–Crippen LogP) is 2.67. The quantitative estimate of drug-likeness (QED) is 0.300. The van der Waals surface area contributed by atoms with Crippen molar-refractivity contribution < 1.29 is 26.9 Å². The summed E-state index contributed by atoms with van der Waals surface area (Å²) in [6.07, 6.45) is -0.738. The maximum Gasteiger partial charge on any atom is 0.435 e. The lowest BCUT2D eigenvalue weighted by Crippen LogP contribution is -2.41. The van der Waals surface area contributed by atoms with Crippen LogP contribution in [0, 0.1) is 10.1 Å². The number of nitro groups is 1. The summed E-state index contributed by atoms with van der Waals surface area (Å²) in [5, 5.41) is 10.2. The standard InChI is InChI=1S/C7H4F5NO2/c1-3-5(9)6(10,11)2-4(8)7(3,12)13(14)15/h2H,1H3. The molecule has 1 rings (SSSR count). The van der Waals surface area contributed by atoms with E-state index in [2.05, 4.69) is 0 Å². The zero-order valence-electron chi connectivity index (χ0n) is 7.23. The Hall–Kier alpha value is -1.47. The van der Waals surface area contributed by atoms with Gasteiger partial charge in [-0.05, 0) is 6.92 Å². The van der Waals surface area contributed by atoms with Crippen LogP contribution in [0.3, 0.4) is 0 Å². The van der Waals surface area contributed by atoms with Gasteiger partial charge in [0.05, 0.1) is 10.5 Å². The van der Waals surface area contributed by atoms with Crippen LogP contribution in [0.25, 0.3) is 0 Å². The summed E-state index contributed by atoms with van der Waals surface area (Å²) < 4.78 is 64.0. The van der Waals surface area contributed by atoms with Crippen LogP contribution in [-0.2, 0) is 0 Å². The van der Waals surface area contributed by atoms with Crippen molar-refractivity contribution in [1.82, 2.24) is 0 Å². The summed E-state index contributed by atoms with van der Waals surface area (Å²) in [4.78, 5) is 8.35. The summed E-state index contributed by atoms with van der Waals surface area (Å²) in [6, 6.07) is 0. The van der Waals surface area contributed by atoms with Gasteiger partial charge in [0.15, 0.2) is 5.83 Å². The van der Waals surface area contributed by atoms with Crippen molar-refractivity contribution in [3.63, 3.8) is 0 Å². The van der Waals surface area contributed by atoms with Crippen LogP contribution in [-0.4, -0.2) is 16.6 Å². The fraction of sp³-hybridized carbons (Fsp3) is 0.429. The van der Waals surface area contributed by atoms with Crippen LogP contribution in [0.2, 0.25) is 0 Å². The van der Waals surface area contributed by atoms with Gasteiger partial charge in [0.25, 0.3) is 0 Å². The van der Waals surface area contributed by atoms with E-state index in [9.17, 15) is 32.1 Å². The second kappa shape index (κ2) is 3.01. The highest BCUT2D eigenvalue weighted by atomic mass is 19.3. The zero-order chi connectivity index (χ0) is 12.0. The van der Waals surface area contributed by atoms with Gasteiger partial charge in [-0.2, -0.15) is 13.2 Å². The number of halogens is 5. The van der Waals surface area contributed by atoms with Gasteiger partial charge in [0, 0.05) is 6.08 Å². The van der Waals surface area contributed by atoms with E-state index in [1.54, 1.807) is 0 Å². The molecule has 84 valence electrons. The van der Waals surface area contributed by atoms with Crippen molar-refractivity contribution >= 4 is 0 Å². The molecule has 0 fully saturated rings. The summed E-state index contributed by atoms with van der Waals surface area (Å²) in [6.45, 7) is 0.401. The van der Waals surface area contributed by atoms with Crippen molar-refractivity contribution in [3.8, 4) is 0 Å². The average Bonchev–Trinajstić information content (AvgIpc) is 2.11. The molecule has 0 aliphatic heterocycles. The molecule has 0 aromatic carbocycles. The normalized spacial score (nSPS) is 30.1. The Labute approximate surface area is 80.0 Å². The van der Waals surface area contributed by atoms with E-state index in [4.69, 9.17) is 0 Å². The van der Waals surface area contributed by atoms with Crippen LogP contribution < -0.4 is 0 Å². The largest absolute Gasteiger partial charge is 0.435 e. The number of nitrogens with zero attached hydrogens (tertiary/aromatic N) is 1. The molecule has 0 N–H and O–H groups in total. The first-order valence-corrected chi connectivity index (χ1v) is 3.61. The molecule has 1 aliphatic carbocycles. The van der Waals surface area contributed by atoms with Crippen LogP contribution in [0.1, 0.15) is 6.92 Å². The van der Waals surface area contributed by atoms with E-state index in [0.717, 1.165) is 0 Å². The molecule has 0 amide bonds. The van der Waals surface area contributed by atoms with E-state index in [1.807, 2.05) is 0 Å². The summed E-state index contributed by atoms with van der Waals surface area (Å²) >= 11 is 0. The molecule has 0 radical (unpaired) electrons. The maximum atomic E-state index is 13.3. The number of hydrogen-bond donors (Lipinski definition) is 0. The Bertz CT molecular complexity index is 389. The molecule has 0 spiro atoms. The maximum absolute atomic E-state index is 13.3. The van der Waals surface area contributed by atoms with E-state index in [0.29, 0.717) is 6.92 Å². The Balaban J connectivity index is 3.44. The van der Waals surface area contributed by atoms with Gasteiger partial charge in [-0.1, -0.05) is 0 Å². The number of alkyl halides is 3. The first-order valence-electron chi connectivity index (χ1n) is 3.61. The van der Waals surface area contributed by atoms with Crippen LogP contribution in [0.4, 0.5) is 22.0 Å². The fourth-order valence-electron chi connectivity index (χ4n) is 1.12. The lowest BCUT2D eigenvalue weighted by Gasteiger charge is -2.23. The molecule has 0 aromatic rings. The molecule has 0 heterocycles. The minimum Gasteiger partial charge on any atom is -0.261 e. The second-order valence-electron chi connectivity index (χ2n) is 2.93. The molecule has 0 saturated carbocycles. The van der Waals surface area contributed by atoms with Gasteiger partial charge >= 0.3 is 11.7 Å². The molecule has 1 atom stereocenters.